The molecule has 23 heavy (non-hydrogen) atoms. The number of nitrogens with one attached hydrogen (secondary N) is 2. The summed E-state index contributed by atoms with van der Waals surface area (Å²) in [7, 11) is 1.93. The molecule has 1 amide bonds. The molecule has 2 atom stereocenters. The molecule has 0 saturated carbocycles. The molecular formula is C14H20N6O2S. The van der Waals surface area contributed by atoms with Gasteiger partial charge in [0.25, 0.3) is 0 Å². The van der Waals surface area contributed by atoms with Crippen LogP contribution in [0.2, 0.25) is 0 Å². The van der Waals surface area contributed by atoms with Crippen molar-refractivity contribution in [2.75, 3.05) is 18.5 Å². The summed E-state index contributed by atoms with van der Waals surface area (Å²) >= 11 is 1.30. The number of ether oxygens (including phenoxy) is 1. The minimum absolute atomic E-state index is 0.0713. The first-order chi connectivity index (χ1) is 11.1. The number of hydrogen-bond donors (Lipinski definition) is 2. The zero-order valence-corrected chi connectivity index (χ0v) is 14.2. The number of rotatable bonds is 5. The van der Waals surface area contributed by atoms with E-state index in [1.807, 2.05) is 25.6 Å². The summed E-state index contributed by atoms with van der Waals surface area (Å²) in [6.45, 7) is 4.91. The summed E-state index contributed by atoms with van der Waals surface area (Å²) in [5, 5.41) is 18.4. The van der Waals surface area contributed by atoms with Crippen LogP contribution < -0.4 is 10.6 Å². The number of carbonyl (C=O) groups excluding carboxylic acids is 1. The predicted molar refractivity (Wildman–Crippen MR) is 86.3 cm³/mol. The number of hydrogen-bond acceptors (Lipinski definition) is 7. The van der Waals surface area contributed by atoms with Crippen LogP contribution in [0.4, 0.5) is 5.13 Å². The van der Waals surface area contributed by atoms with E-state index in [0.717, 1.165) is 23.4 Å². The van der Waals surface area contributed by atoms with Crippen LogP contribution in [0.1, 0.15) is 29.5 Å². The van der Waals surface area contributed by atoms with Crippen molar-refractivity contribution in [2.45, 2.75) is 32.4 Å². The highest BCUT2D eigenvalue weighted by molar-refractivity contribution is 7.13. The van der Waals surface area contributed by atoms with Crippen LogP contribution in [0, 0.1) is 13.8 Å². The maximum Gasteiger partial charge on any atom is 0.240 e. The van der Waals surface area contributed by atoms with Gasteiger partial charge in [-0.15, -0.1) is 10.2 Å². The molecule has 8 nitrogen and oxygen atoms in total. The molecule has 0 bridgehead atoms. The van der Waals surface area contributed by atoms with E-state index >= 15 is 0 Å². The quantitative estimate of drug-likeness (QED) is 0.844. The first kappa shape index (κ1) is 16.0. The minimum atomic E-state index is -0.132. The number of aromatic nitrogens is 4. The molecule has 1 aliphatic rings. The molecule has 2 N–H and O–H groups in total. The van der Waals surface area contributed by atoms with E-state index in [2.05, 4.69) is 25.9 Å². The zero-order chi connectivity index (χ0) is 16.4. The molecule has 1 aliphatic heterocycles. The van der Waals surface area contributed by atoms with Gasteiger partial charge in [-0.25, -0.2) is 0 Å². The third-order valence-corrected chi connectivity index (χ3v) is 4.68. The number of anilines is 1. The first-order valence-electron chi connectivity index (χ1n) is 7.47. The Labute approximate surface area is 138 Å². The van der Waals surface area contributed by atoms with Gasteiger partial charge in [0.1, 0.15) is 11.6 Å². The molecule has 9 heteroatoms. The molecule has 2 aromatic rings. The molecule has 0 aromatic carbocycles. The normalized spacial score (nSPS) is 20.8. The van der Waals surface area contributed by atoms with Crippen LogP contribution in [0.15, 0.2) is 5.51 Å². The maximum absolute atomic E-state index is 12.0. The smallest absolute Gasteiger partial charge is 0.240 e. The molecule has 1 fully saturated rings. The van der Waals surface area contributed by atoms with Crippen molar-refractivity contribution in [3.05, 3.63) is 22.5 Å². The summed E-state index contributed by atoms with van der Waals surface area (Å²) < 4.78 is 7.76. The van der Waals surface area contributed by atoms with E-state index in [-0.39, 0.29) is 24.6 Å². The van der Waals surface area contributed by atoms with E-state index < -0.39 is 0 Å². The van der Waals surface area contributed by atoms with E-state index in [4.69, 9.17) is 4.74 Å². The van der Waals surface area contributed by atoms with Gasteiger partial charge in [-0.1, -0.05) is 11.3 Å². The summed E-state index contributed by atoms with van der Waals surface area (Å²) in [4.78, 5) is 12.0. The molecule has 2 aromatic heterocycles. The highest BCUT2D eigenvalue weighted by Gasteiger charge is 2.33. The first-order valence-corrected chi connectivity index (χ1v) is 8.35. The van der Waals surface area contributed by atoms with Gasteiger partial charge >= 0.3 is 0 Å². The Balaban J connectivity index is 1.62. The lowest BCUT2D eigenvalue weighted by molar-refractivity contribution is -0.115. The third-order valence-electron chi connectivity index (χ3n) is 4.07. The fourth-order valence-electron chi connectivity index (χ4n) is 2.90. The maximum atomic E-state index is 12.0. The van der Waals surface area contributed by atoms with Crippen molar-refractivity contribution in [1.82, 2.24) is 25.3 Å². The molecule has 1 saturated heterocycles. The molecule has 3 rings (SSSR count). The van der Waals surface area contributed by atoms with Gasteiger partial charge in [0.15, 0.2) is 0 Å². The fourth-order valence-corrected chi connectivity index (χ4v) is 3.36. The number of amides is 1. The third kappa shape index (κ3) is 3.41. The Morgan fingerprint density at radius 2 is 2.35 bits per heavy atom. The van der Waals surface area contributed by atoms with Crippen molar-refractivity contribution < 1.29 is 9.53 Å². The van der Waals surface area contributed by atoms with Gasteiger partial charge in [-0.05, 0) is 20.3 Å². The molecule has 0 radical (unpaired) electrons. The molecule has 0 unspecified atom stereocenters. The zero-order valence-electron chi connectivity index (χ0n) is 13.4. The predicted octanol–water partition coefficient (Wildman–Crippen LogP) is 0.947. The largest absolute Gasteiger partial charge is 0.372 e. The second kappa shape index (κ2) is 6.73. The number of carbonyl (C=O) groups is 1. The molecule has 0 aliphatic carbocycles. The van der Waals surface area contributed by atoms with Crippen molar-refractivity contribution in [3.8, 4) is 0 Å². The Hall–Kier alpha value is -1.84. The average molecular weight is 336 g/mol. The van der Waals surface area contributed by atoms with E-state index in [0.29, 0.717) is 11.7 Å². The monoisotopic (exact) mass is 336 g/mol. The molecule has 0 spiro atoms. The van der Waals surface area contributed by atoms with E-state index in [1.54, 1.807) is 5.51 Å². The average Bonchev–Trinajstić information content (AvgIpc) is 3.21. The number of aryl methyl sites for hydroxylation is 2. The second-order valence-electron chi connectivity index (χ2n) is 5.57. The Morgan fingerprint density at radius 3 is 3.00 bits per heavy atom. The van der Waals surface area contributed by atoms with Crippen LogP contribution >= 0.6 is 11.3 Å². The van der Waals surface area contributed by atoms with Crippen LogP contribution in [0.3, 0.4) is 0 Å². The lowest BCUT2D eigenvalue weighted by Gasteiger charge is -2.20. The van der Waals surface area contributed by atoms with Gasteiger partial charge in [-0.2, -0.15) is 5.10 Å². The van der Waals surface area contributed by atoms with Crippen molar-refractivity contribution in [2.24, 2.45) is 7.05 Å². The molecular weight excluding hydrogens is 316 g/mol. The summed E-state index contributed by atoms with van der Waals surface area (Å²) in [6, 6.07) is 0.0942. The van der Waals surface area contributed by atoms with Gasteiger partial charge in [-0.3, -0.25) is 14.8 Å². The minimum Gasteiger partial charge on any atom is -0.372 e. The van der Waals surface area contributed by atoms with Crippen molar-refractivity contribution >= 4 is 22.4 Å². The Bertz CT molecular complexity index is 684. The Kier molecular flexibility index (Phi) is 4.69. The van der Waals surface area contributed by atoms with Gasteiger partial charge in [0, 0.05) is 31.0 Å². The highest BCUT2D eigenvalue weighted by atomic mass is 32.1. The fraction of sp³-hybridized carbons (Fsp3) is 0.571. The lowest BCUT2D eigenvalue weighted by atomic mass is 10.0. The van der Waals surface area contributed by atoms with Crippen LogP contribution in [-0.4, -0.2) is 45.1 Å². The van der Waals surface area contributed by atoms with E-state index in [9.17, 15) is 4.79 Å². The lowest BCUT2D eigenvalue weighted by Crippen LogP contribution is -2.38. The van der Waals surface area contributed by atoms with Crippen molar-refractivity contribution in [3.63, 3.8) is 0 Å². The van der Waals surface area contributed by atoms with Crippen LogP contribution in [-0.2, 0) is 16.6 Å². The Morgan fingerprint density at radius 1 is 1.52 bits per heavy atom. The van der Waals surface area contributed by atoms with Gasteiger partial charge in [0.05, 0.1) is 12.2 Å². The number of nitrogens with zero attached hydrogens (tertiary/aromatic N) is 4. The summed E-state index contributed by atoms with van der Waals surface area (Å²) in [5.41, 5.74) is 4.77. The summed E-state index contributed by atoms with van der Waals surface area (Å²) in [6.07, 6.45) is 0.794. The SMILES string of the molecule is Cc1nn(C)c(C)c1[C@H]1OCC[C@@H]1NCC(=O)Nc1nncs1. The van der Waals surface area contributed by atoms with Gasteiger partial charge < -0.3 is 10.1 Å². The highest BCUT2D eigenvalue weighted by Crippen LogP contribution is 2.33. The topological polar surface area (TPSA) is 94.0 Å². The molecule has 124 valence electrons. The van der Waals surface area contributed by atoms with Crippen LogP contribution in [0.5, 0.6) is 0 Å². The summed E-state index contributed by atoms with van der Waals surface area (Å²) in [5.74, 6) is -0.132. The standard InChI is InChI=1S/C14H20N6O2S/c1-8-12(9(2)20(3)19-8)13-10(4-5-22-13)15-6-11(21)17-14-18-16-7-23-14/h7,10,13,15H,4-6H2,1-3H3,(H,17,18,21)/t10-,13-/m0/s1. The second-order valence-corrected chi connectivity index (χ2v) is 6.40. The van der Waals surface area contributed by atoms with Crippen molar-refractivity contribution in [1.29, 1.82) is 0 Å². The van der Waals surface area contributed by atoms with E-state index in [1.165, 1.54) is 11.3 Å². The van der Waals surface area contributed by atoms with Gasteiger partial charge in [0.2, 0.25) is 11.0 Å². The van der Waals surface area contributed by atoms with Crippen LogP contribution in [0.25, 0.3) is 0 Å². The molecule has 3 heterocycles.